The van der Waals surface area contributed by atoms with Crippen molar-refractivity contribution in [3.8, 4) is 0 Å². The number of alkyl carbamates (subject to hydrolysis) is 1. The van der Waals surface area contributed by atoms with E-state index in [0.29, 0.717) is 5.56 Å². The second-order valence-electron chi connectivity index (χ2n) is 15.2. The number of halogens is 6. The Labute approximate surface area is 380 Å². The molecule has 3 aromatic rings. The maximum Gasteiger partial charge on any atom is 0.490 e. The van der Waals surface area contributed by atoms with Gasteiger partial charge in [-0.05, 0) is 36.5 Å². The number of alkyl halides is 6. The summed E-state index contributed by atoms with van der Waals surface area (Å²) in [6, 6.07) is 3.91. The van der Waals surface area contributed by atoms with Crippen molar-refractivity contribution >= 4 is 70.2 Å². The van der Waals surface area contributed by atoms with Crippen LogP contribution in [0.5, 0.6) is 0 Å². The zero-order chi connectivity index (χ0) is 51.8. The van der Waals surface area contributed by atoms with E-state index >= 15 is 0 Å². The van der Waals surface area contributed by atoms with Gasteiger partial charge in [-0.25, -0.2) is 14.4 Å². The van der Waals surface area contributed by atoms with Gasteiger partial charge in [0.2, 0.25) is 29.5 Å². The van der Waals surface area contributed by atoms with Crippen LogP contribution in [0, 0.1) is 11.8 Å². The predicted octanol–water partition coefficient (Wildman–Crippen LogP) is 2.90. The fraction of sp³-hybridized carbons (Fsp3) is 0.415. The summed E-state index contributed by atoms with van der Waals surface area (Å²) in [5.74, 6) is -12.4. The molecule has 21 nitrogen and oxygen atoms in total. The summed E-state index contributed by atoms with van der Waals surface area (Å²) < 4.78 is 82.1. The van der Waals surface area contributed by atoms with E-state index in [-0.39, 0.29) is 18.4 Å². The summed E-state index contributed by atoms with van der Waals surface area (Å²) in [5, 5.41) is 39.3. The number of nitrogens with one attached hydrogen (secondary N) is 6. The van der Waals surface area contributed by atoms with Crippen molar-refractivity contribution in [2.75, 3.05) is 5.32 Å². The molecule has 0 unspecified atom stereocenters. The minimum Gasteiger partial charge on any atom is -0.481 e. The highest BCUT2D eigenvalue weighted by Gasteiger charge is 2.39. The number of amides is 6. The quantitative estimate of drug-likeness (QED) is 0.0616. The van der Waals surface area contributed by atoms with Gasteiger partial charge in [-0.3, -0.25) is 33.6 Å². The monoisotopic (exact) mass is 976 g/mol. The molecule has 9 N–H and O–H groups in total. The first-order chi connectivity index (χ1) is 31.4. The van der Waals surface area contributed by atoms with Crippen LogP contribution >= 0.6 is 0 Å². The first-order valence-corrected chi connectivity index (χ1v) is 19.8. The zero-order valence-electron chi connectivity index (χ0n) is 36.4. The first kappa shape index (κ1) is 56.4. The van der Waals surface area contributed by atoms with Gasteiger partial charge in [0.25, 0.3) is 0 Å². The highest BCUT2D eigenvalue weighted by atomic mass is 19.4. The Morgan fingerprint density at radius 1 is 0.632 bits per heavy atom. The van der Waals surface area contributed by atoms with Crippen LogP contribution in [-0.2, 0) is 55.9 Å². The van der Waals surface area contributed by atoms with Crippen LogP contribution in [0.25, 0.3) is 11.0 Å². The van der Waals surface area contributed by atoms with Crippen LogP contribution in [0.15, 0.2) is 63.8 Å². The molecule has 6 amide bonds. The smallest absolute Gasteiger partial charge is 0.481 e. The van der Waals surface area contributed by atoms with Gasteiger partial charge in [-0.1, -0.05) is 58.0 Å². The van der Waals surface area contributed by atoms with Crippen molar-refractivity contribution in [2.24, 2.45) is 11.8 Å². The second-order valence-corrected chi connectivity index (χ2v) is 15.2. The molecule has 0 fully saturated rings. The number of carboxylic acid groups (broad SMARTS) is 3. The molecule has 0 spiro atoms. The number of benzene rings is 2. The van der Waals surface area contributed by atoms with Gasteiger partial charge in [0.15, 0.2) is 0 Å². The molecule has 2 aromatic carbocycles. The number of rotatable bonds is 19. The Kier molecular flexibility index (Phi) is 20.5. The molecule has 0 radical (unpaired) electrons. The number of fused-ring (bicyclic) bond motifs is 1. The SMILES string of the molecule is CC(C)[C@H](NC(=O)OCc1ccccc1)C(=O)N[C@@H](CC(=O)O)C(=O)N[C@H](C(=O)N[C@@H](C)C(=O)N[C@@H](CC(=O)O)C(=O)Nc1ccc2c(C(F)(F)F)cc(=O)oc2c1)C(C)C.O=C(O)C(F)(F)F. The van der Waals surface area contributed by atoms with E-state index in [1.54, 1.807) is 44.2 Å². The maximum atomic E-state index is 13.5. The Hall–Kier alpha value is -7.74. The summed E-state index contributed by atoms with van der Waals surface area (Å²) in [5.41, 5.74) is -2.73. The lowest BCUT2D eigenvalue weighted by Gasteiger charge is -2.28. The Bertz CT molecular complexity index is 2390. The van der Waals surface area contributed by atoms with E-state index in [1.165, 1.54) is 13.8 Å². The minimum atomic E-state index is -5.08. The van der Waals surface area contributed by atoms with E-state index in [9.17, 15) is 79.7 Å². The summed E-state index contributed by atoms with van der Waals surface area (Å²) in [6.45, 7) is 7.18. The number of aliphatic carboxylic acids is 3. The summed E-state index contributed by atoms with van der Waals surface area (Å²) in [6.07, 6.45) is -12.9. The van der Waals surface area contributed by atoms with Gasteiger partial charge in [0.05, 0.1) is 18.4 Å². The molecule has 0 aliphatic carbocycles. The molecule has 0 bridgehead atoms. The Balaban J connectivity index is 0.00000209. The van der Waals surface area contributed by atoms with Gasteiger partial charge >= 0.3 is 42.0 Å². The molecular weight excluding hydrogens is 930 g/mol. The van der Waals surface area contributed by atoms with Crippen LogP contribution in [0.1, 0.15) is 58.6 Å². The van der Waals surface area contributed by atoms with Crippen LogP contribution < -0.4 is 37.5 Å². The van der Waals surface area contributed by atoms with E-state index in [0.717, 1.165) is 25.1 Å². The molecule has 372 valence electrons. The third-order valence-corrected chi connectivity index (χ3v) is 9.02. The average molecular weight is 977 g/mol. The van der Waals surface area contributed by atoms with Crippen molar-refractivity contribution in [3.05, 3.63) is 76.1 Å². The normalized spacial score (nSPS) is 13.5. The topological polar surface area (TPSA) is 326 Å². The van der Waals surface area contributed by atoms with Crippen molar-refractivity contribution in [3.63, 3.8) is 0 Å². The number of carbonyl (C=O) groups is 9. The van der Waals surface area contributed by atoms with E-state index in [4.69, 9.17) is 19.1 Å². The maximum absolute atomic E-state index is 13.5. The summed E-state index contributed by atoms with van der Waals surface area (Å²) >= 11 is 0. The molecule has 5 atom stereocenters. The third-order valence-electron chi connectivity index (χ3n) is 9.02. The third kappa shape index (κ3) is 18.3. The Morgan fingerprint density at radius 2 is 1.13 bits per heavy atom. The molecular formula is C41H46F6N6O15. The molecule has 3 rings (SSSR count). The van der Waals surface area contributed by atoms with Gasteiger partial charge in [-0.15, -0.1) is 0 Å². The lowest BCUT2D eigenvalue weighted by atomic mass is 10.0. The number of carbonyl (C=O) groups excluding carboxylic acids is 6. The predicted molar refractivity (Wildman–Crippen MR) is 221 cm³/mol. The fourth-order valence-corrected chi connectivity index (χ4v) is 5.61. The molecule has 27 heteroatoms. The van der Waals surface area contributed by atoms with Crippen LogP contribution in [0.2, 0.25) is 0 Å². The number of hydrogen-bond acceptors (Lipinski definition) is 12. The Morgan fingerprint density at radius 3 is 1.63 bits per heavy atom. The molecule has 1 heterocycles. The summed E-state index contributed by atoms with van der Waals surface area (Å²) in [4.78, 5) is 123. The van der Waals surface area contributed by atoms with E-state index in [1.807, 2.05) is 0 Å². The highest BCUT2D eigenvalue weighted by molar-refractivity contribution is 6.02. The van der Waals surface area contributed by atoms with E-state index < -0.39 is 143 Å². The second kappa shape index (κ2) is 24.7. The molecule has 68 heavy (non-hydrogen) atoms. The fourth-order valence-electron chi connectivity index (χ4n) is 5.61. The van der Waals surface area contributed by atoms with Crippen LogP contribution in [-0.4, -0.2) is 105 Å². The molecule has 1 aromatic heterocycles. The minimum absolute atomic E-state index is 0.116. The number of anilines is 1. The lowest BCUT2D eigenvalue weighted by molar-refractivity contribution is -0.192. The van der Waals surface area contributed by atoms with Gasteiger partial charge in [0, 0.05) is 23.2 Å². The lowest BCUT2D eigenvalue weighted by Crippen LogP contribution is -2.60. The highest BCUT2D eigenvalue weighted by Crippen LogP contribution is 2.34. The molecule has 0 aliphatic rings. The standard InChI is InChI=1S/C39H45F3N6O13.C2HF3O2/c1-18(2)31(47-35(56)26(16-29(51)52)46-37(58)32(19(3)4)48-38(59)60-17-21-9-7-6-8-10-21)36(57)43-20(5)33(54)45-25(15-28(49)50)34(55)44-22-11-12-23-24(39(40,41)42)14-30(53)61-27(23)13-22;3-2(4,5)1(6)7/h6-14,18-20,25-26,31-32H,15-17H2,1-5H3,(H,43,57)(H,44,55)(H,45,54)(H,46,58)(H,47,56)(H,48,59)(H,49,50)(H,51,52);(H,6,7)/t20-,25-,26-,31-,32-;/m0./s1. The van der Waals surface area contributed by atoms with Gasteiger partial charge in [-0.2, -0.15) is 26.3 Å². The number of carboxylic acids is 3. The average Bonchev–Trinajstić information content (AvgIpc) is 3.22. The van der Waals surface area contributed by atoms with Crippen molar-refractivity contribution in [1.82, 2.24) is 26.6 Å². The summed E-state index contributed by atoms with van der Waals surface area (Å²) in [7, 11) is 0. The van der Waals surface area contributed by atoms with E-state index in [2.05, 4.69) is 31.9 Å². The van der Waals surface area contributed by atoms with Crippen molar-refractivity contribution in [2.45, 2.75) is 96.6 Å². The zero-order valence-corrected chi connectivity index (χ0v) is 36.4. The van der Waals surface area contributed by atoms with Crippen molar-refractivity contribution < 1.29 is 94.0 Å². The number of hydrogen-bond donors (Lipinski definition) is 9. The van der Waals surface area contributed by atoms with Crippen molar-refractivity contribution in [1.29, 1.82) is 0 Å². The first-order valence-electron chi connectivity index (χ1n) is 19.8. The van der Waals surface area contributed by atoms with Gasteiger partial charge < -0.3 is 56.4 Å². The van der Waals surface area contributed by atoms with Crippen LogP contribution in [0.4, 0.5) is 36.8 Å². The molecule has 0 aliphatic heterocycles. The molecule has 0 saturated carbocycles. The van der Waals surface area contributed by atoms with Gasteiger partial charge in [0.1, 0.15) is 42.4 Å². The largest absolute Gasteiger partial charge is 0.490 e. The van der Waals surface area contributed by atoms with Crippen LogP contribution in [0.3, 0.4) is 0 Å². The number of ether oxygens (including phenoxy) is 1. The molecule has 0 saturated heterocycles.